The summed E-state index contributed by atoms with van der Waals surface area (Å²) in [5.41, 5.74) is 2.29. The van der Waals surface area contributed by atoms with Gasteiger partial charge in [-0.3, -0.25) is 9.88 Å². The van der Waals surface area contributed by atoms with Crippen LogP contribution >= 0.6 is 12.6 Å². The second-order valence-electron chi connectivity index (χ2n) is 4.65. The molecule has 0 spiro atoms. The topological polar surface area (TPSA) is 25.4 Å². The third kappa shape index (κ3) is 3.44. The van der Waals surface area contributed by atoms with E-state index in [-0.39, 0.29) is 5.25 Å². The molecule has 0 aliphatic carbocycles. The largest absolute Gasteiger partial charge is 0.379 e. The van der Waals surface area contributed by atoms with Crippen LogP contribution in [0.3, 0.4) is 0 Å². The minimum absolute atomic E-state index is 0.249. The zero-order chi connectivity index (χ0) is 12.3. The summed E-state index contributed by atoms with van der Waals surface area (Å²) < 4.78 is 5.43. The van der Waals surface area contributed by atoms with Crippen molar-refractivity contribution < 1.29 is 4.74 Å². The lowest BCUT2D eigenvalue weighted by molar-refractivity contribution is -0.00490. The van der Waals surface area contributed by atoms with Crippen LogP contribution in [-0.4, -0.2) is 35.7 Å². The van der Waals surface area contributed by atoms with Gasteiger partial charge in [0.1, 0.15) is 0 Å². The van der Waals surface area contributed by atoms with E-state index in [0.29, 0.717) is 6.04 Å². The minimum atomic E-state index is 0.249. The maximum atomic E-state index is 5.43. The van der Waals surface area contributed by atoms with Crippen LogP contribution in [0.2, 0.25) is 0 Å². The average molecular weight is 252 g/mol. The van der Waals surface area contributed by atoms with Crippen molar-refractivity contribution in [1.29, 1.82) is 0 Å². The summed E-state index contributed by atoms with van der Waals surface area (Å²) in [6.45, 7) is 7.81. The van der Waals surface area contributed by atoms with Crippen molar-refractivity contribution >= 4 is 12.6 Å². The molecule has 0 unspecified atom stereocenters. The van der Waals surface area contributed by atoms with Gasteiger partial charge in [0.2, 0.25) is 0 Å². The van der Waals surface area contributed by atoms with Crippen molar-refractivity contribution in [2.75, 3.05) is 19.8 Å². The molecule has 94 valence electrons. The number of nitrogens with zero attached hydrogens (tertiary/aromatic N) is 2. The highest BCUT2D eigenvalue weighted by Crippen LogP contribution is 2.18. The van der Waals surface area contributed by atoms with E-state index in [9.17, 15) is 0 Å². The first-order valence-corrected chi connectivity index (χ1v) is 6.63. The predicted octanol–water partition coefficient (Wildman–Crippen LogP) is 2.29. The van der Waals surface area contributed by atoms with E-state index >= 15 is 0 Å². The monoisotopic (exact) mass is 252 g/mol. The normalized spacial score (nSPS) is 23.6. The quantitative estimate of drug-likeness (QED) is 0.836. The first kappa shape index (κ1) is 12.9. The molecule has 0 saturated carbocycles. The fraction of sp³-hybridized carbons (Fsp3) is 0.615. The Kier molecular flexibility index (Phi) is 4.42. The molecule has 0 aromatic carbocycles. The summed E-state index contributed by atoms with van der Waals surface area (Å²) >= 11 is 4.40. The van der Waals surface area contributed by atoms with Gasteiger partial charge in [0.05, 0.1) is 18.9 Å². The second kappa shape index (κ2) is 5.85. The first-order valence-electron chi connectivity index (χ1n) is 6.11. The Hall–Kier alpha value is -0.580. The molecule has 1 aromatic rings. The minimum Gasteiger partial charge on any atom is -0.379 e. The van der Waals surface area contributed by atoms with E-state index in [1.54, 1.807) is 0 Å². The molecular weight excluding hydrogens is 232 g/mol. The molecular formula is C13H20N2OS. The van der Waals surface area contributed by atoms with Gasteiger partial charge >= 0.3 is 0 Å². The fourth-order valence-electron chi connectivity index (χ4n) is 1.98. The molecule has 4 heteroatoms. The molecule has 0 amide bonds. The van der Waals surface area contributed by atoms with Crippen molar-refractivity contribution in [3.63, 3.8) is 0 Å². The van der Waals surface area contributed by atoms with E-state index < -0.39 is 0 Å². The van der Waals surface area contributed by atoms with Crippen LogP contribution in [0.1, 0.15) is 30.4 Å². The number of morpholine rings is 1. The first-order chi connectivity index (χ1) is 8.16. The van der Waals surface area contributed by atoms with Gasteiger partial charge in [-0.05, 0) is 25.5 Å². The summed E-state index contributed by atoms with van der Waals surface area (Å²) in [7, 11) is 0. The zero-order valence-electron chi connectivity index (χ0n) is 10.5. The van der Waals surface area contributed by atoms with Gasteiger partial charge in [-0.25, -0.2) is 0 Å². The number of pyridine rings is 1. The highest BCUT2D eigenvalue weighted by molar-refractivity contribution is 7.80. The van der Waals surface area contributed by atoms with Gasteiger partial charge in [0.25, 0.3) is 0 Å². The lowest BCUT2D eigenvalue weighted by Crippen LogP contribution is -2.43. The summed E-state index contributed by atoms with van der Waals surface area (Å²) in [6, 6.07) is 4.70. The maximum absolute atomic E-state index is 5.43. The standard InChI is InChI=1S/C13H20N2OS/c1-10-9-16-6-5-15(10)8-13-4-3-12(7-14-13)11(2)17/h3-4,7,10-11,17H,5-6,8-9H2,1-2H3/t10-,11+/m0/s1. The van der Waals surface area contributed by atoms with Gasteiger partial charge in [-0.15, -0.1) is 0 Å². The number of aromatic nitrogens is 1. The molecule has 1 fully saturated rings. The highest BCUT2D eigenvalue weighted by atomic mass is 32.1. The van der Waals surface area contributed by atoms with Gasteiger partial charge in [0.15, 0.2) is 0 Å². The highest BCUT2D eigenvalue weighted by Gasteiger charge is 2.18. The van der Waals surface area contributed by atoms with Gasteiger partial charge in [-0.1, -0.05) is 6.07 Å². The van der Waals surface area contributed by atoms with Crippen LogP contribution in [0, 0.1) is 0 Å². The molecule has 1 aliphatic heterocycles. The molecule has 1 saturated heterocycles. The van der Waals surface area contributed by atoms with E-state index in [4.69, 9.17) is 4.74 Å². The molecule has 17 heavy (non-hydrogen) atoms. The molecule has 2 rings (SSSR count). The number of ether oxygens (including phenoxy) is 1. The molecule has 2 heterocycles. The third-order valence-electron chi connectivity index (χ3n) is 3.20. The average Bonchev–Trinajstić information content (AvgIpc) is 2.33. The van der Waals surface area contributed by atoms with E-state index in [2.05, 4.69) is 48.5 Å². The van der Waals surface area contributed by atoms with Crippen LogP contribution < -0.4 is 0 Å². The van der Waals surface area contributed by atoms with E-state index in [1.807, 2.05) is 6.20 Å². The summed E-state index contributed by atoms with van der Waals surface area (Å²) in [4.78, 5) is 6.91. The number of hydrogen-bond donors (Lipinski definition) is 1. The van der Waals surface area contributed by atoms with Crippen molar-refractivity contribution in [3.05, 3.63) is 29.6 Å². The summed E-state index contributed by atoms with van der Waals surface area (Å²) in [5, 5.41) is 0.249. The SMILES string of the molecule is C[C@@H](S)c1ccc(CN2CCOC[C@@H]2C)nc1. The second-order valence-corrected chi connectivity index (χ2v) is 5.43. The summed E-state index contributed by atoms with van der Waals surface area (Å²) in [6.07, 6.45) is 1.93. The zero-order valence-corrected chi connectivity index (χ0v) is 11.4. The van der Waals surface area contributed by atoms with Crippen LogP contribution in [-0.2, 0) is 11.3 Å². The molecule has 1 aromatic heterocycles. The smallest absolute Gasteiger partial charge is 0.0619 e. The lowest BCUT2D eigenvalue weighted by Gasteiger charge is -2.32. The van der Waals surface area contributed by atoms with Crippen molar-refractivity contribution in [2.24, 2.45) is 0 Å². The van der Waals surface area contributed by atoms with Crippen LogP contribution in [0.25, 0.3) is 0 Å². The molecule has 2 atom stereocenters. The molecule has 0 bridgehead atoms. The third-order valence-corrected chi connectivity index (χ3v) is 3.50. The van der Waals surface area contributed by atoms with Gasteiger partial charge < -0.3 is 4.74 Å². The Morgan fingerprint density at radius 1 is 1.59 bits per heavy atom. The molecule has 1 aliphatic rings. The number of thiol groups is 1. The van der Waals surface area contributed by atoms with Gasteiger partial charge in [0, 0.05) is 30.6 Å². The van der Waals surface area contributed by atoms with Crippen LogP contribution in [0.15, 0.2) is 18.3 Å². The predicted molar refractivity (Wildman–Crippen MR) is 72.3 cm³/mol. The molecule has 0 N–H and O–H groups in total. The van der Waals surface area contributed by atoms with E-state index in [0.717, 1.165) is 32.0 Å². The Balaban J connectivity index is 1.98. The number of hydrogen-bond acceptors (Lipinski definition) is 4. The van der Waals surface area contributed by atoms with Gasteiger partial charge in [-0.2, -0.15) is 12.6 Å². The number of rotatable bonds is 3. The molecule has 0 radical (unpaired) electrons. The Bertz CT molecular complexity index is 353. The van der Waals surface area contributed by atoms with Crippen LogP contribution in [0.4, 0.5) is 0 Å². The lowest BCUT2D eigenvalue weighted by atomic mass is 10.2. The van der Waals surface area contributed by atoms with Crippen molar-refractivity contribution in [3.8, 4) is 0 Å². The fourth-order valence-corrected chi connectivity index (χ4v) is 2.13. The summed E-state index contributed by atoms with van der Waals surface area (Å²) in [5.74, 6) is 0. The molecule has 3 nitrogen and oxygen atoms in total. The van der Waals surface area contributed by atoms with Crippen molar-refractivity contribution in [2.45, 2.75) is 31.7 Å². The van der Waals surface area contributed by atoms with Crippen molar-refractivity contribution in [1.82, 2.24) is 9.88 Å². The Morgan fingerprint density at radius 3 is 3.00 bits per heavy atom. The van der Waals surface area contributed by atoms with E-state index in [1.165, 1.54) is 5.56 Å². The Labute approximate surface area is 109 Å². The maximum Gasteiger partial charge on any atom is 0.0619 e. The van der Waals surface area contributed by atoms with Crippen LogP contribution in [0.5, 0.6) is 0 Å². The Morgan fingerprint density at radius 2 is 2.41 bits per heavy atom.